The van der Waals surface area contributed by atoms with Gasteiger partial charge in [0.15, 0.2) is 0 Å². The molecule has 2 rings (SSSR count). The molecule has 0 aliphatic rings. The number of benzene rings is 2. The molecule has 0 aromatic heterocycles. The minimum Gasteiger partial charge on any atom is -0.488 e. The van der Waals surface area contributed by atoms with E-state index in [1.54, 1.807) is 13.0 Å². The van der Waals surface area contributed by atoms with Gasteiger partial charge in [0.05, 0.1) is 0 Å². The molecule has 0 bridgehead atoms. The Kier molecular flexibility index (Phi) is 3.55. The molecule has 0 amide bonds. The maximum absolute atomic E-state index is 13.3. The largest absolute Gasteiger partial charge is 0.488 e. The molecule has 2 aromatic rings. The fraction of sp³-hybridized carbons (Fsp3) is 0.143. The average Bonchev–Trinajstić information content (AvgIpc) is 2.34. The van der Waals surface area contributed by atoms with Crippen LogP contribution in [-0.2, 0) is 6.61 Å². The van der Waals surface area contributed by atoms with Gasteiger partial charge in [0.1, 0.15) is 29.8 Å². The highest BCUT2D eigenvalue weighted by molar-refractivity contribution is 5.33. The number of hydrogen-bond donors (Lipinski definition) is 0. The Hall–Kier alpha value is -1.97. The van der Waals surface area contributed by atoms with Crippen molar-refractivity contribution in [3.05, 3.63) is 65.0 Å². The molecule has 0 aliphatic heterocycles. The molecule has 94 valence electrons. The van der Waals surface area contributed by atoms with Crippen molar-refractivity contribution in [1.82, 2.24) is 0 Å². The van der Waals surface area contributed by atoms with E-state index < -0.39 is 17.5 Å². The highest BCUT2D eigenvalue weighted by atomic mass is 19.1. The minimum atomic E-state index is -0.551. The second kappa shape index (κ2) is 5.12. The van der Waals surface area contributed by atoms with Crippen LogP contribution in [0.5, 0.6) is 5.75 Å². The normalized spacial score (nSPS) is 10.4. The highest BCUT2D eigenvalue weighted by Crippen LogP contribution is 2.21. The van der Waals surface area contributed by atoms with Gasteiger partial charge in [0.25, 0.3) is 0 Å². The van der Waals surface area contributed by atoms with Crippen molar-refractivity contribution in [1.29, 1.82) is 0 Å². The van der Waals surface area contributed by atoms with Crippen molar-refractivity contribution >= 4 is 0 Å². The highest BCUT2D eigenvalue weighted by Gasteiger charge is 2.07. The maximum atomic E-state index is 13.3. The number of halogens is 3. The first-order valence-corrected chi connectivity index (χ1v) is 5.39. The molecule has 0 N–H and O–H groups in total. The SMILES string of the molecule is Cc1ccc(F)cc1OCc1cc(F)ccc1F. The van der Waals surface area contributed by atoms with Gasteiger partial charge in [-0.05, 0) is 36.8 Å². The first-order valence-electron chi connectivity index (χ1n) is 5.39. The standard InChI is InChI=1S/C14H11F3O/c1-9-2-3-12(16)7-14(9)18-8-10-6-11(15)4-5-13(10)17/h2-7H,8H2,1H3. The zero-order valence-corrected chi connectivity index (χ0v) is 9.71. The number of ether oxygens (including phenoxy) is 1. The van der Waals surface area contributed by atoms with Crippen LogP contribution >= 0.6 is 0 Å². The van der Waals surface area contributed by atoms with E-state index in [9.17, 15) is 13.2 Å². The summed E-state index contributed by atoms with van der Waals surface area (Å²) in [6.07, 6.45) is 0. The van der Waals surface area contributed by atoms with Gasteiger partial charge in [-0.25, -0.2) is 13.2 Å². The van der Waals surface area contributed by atoms with Crippen LogP contribution in [0.2, 0.25) is 0 Å². The van der Waals surface area contributed by atoms with Crippen LogP contribution in [0.1, 0.15) is 11.1 Å². The summed E-state index contributed by atoms with van der Waals surface area (Å²) in [5.74, 6) is -1.20. The molecule has 18 heavy (non-hydrogen) atoms. The van der Waals surface area contributed by atoms with Gasteiger partial charge in [-0.15, -0.1) is 0 Å². The molecular formula is C14H11F3O. The Morgan fingerprint density at radius 2 is 1.61 bits per heavy atom. The lowest BCUT2D eigenvalue weighted by Gasteiger charge is -2.09. The fourth-order valence-corrected chi connectivity index (χ4v) is 1.54. The van der Waals surface area contributed by atoms with E-state index in [4.69, 9.17) is 4.74 Å². The van der Waals surface area contributed by atoms with Crippen LogP contribution in [0.25, 0.3) is 0 Å². The lowest BCUT2D eigenvalue weighted by molar-refractivity contribution is 0.295. The Bertz CT molecular complexity index is 515. The predicted octanol–water partition coefficient (Wildman–Crippen LogP) is 3.99. The fourth-order valence-electron chi connectivity index (χ4n) is 1.54. The summed E-state index contributed by atoms with van der Waals surface area (Å²) in [6.45, 7) is 1.60. The van der Waals surface area contributed by atoms with Gasteiger partial charge in [0.2, 0.25) is 0 Å². The molecule has 0 saturated heterocycles. The molecule has 0 fully saturated rings. The summed E-state index contributed by atoms with van der Waals surface area (Å²) >= 11 is 0. The first kappa shape index (κ1) is 12.5. The summed E-state index contributed by atoms with van der Waals surface area (Å²) in [7, 11) is 0. The second-order valence-electron chi connectivity index (χ2n) is 3.93. The van der Waals surface area contributed by atoms with Crippen LogP contribution in [0, 0.1) is 24.4 Å². The molecule has 1 nitrogen and oxygen atoms in total. The van der Waals surface area contributed by atoms with Crippen molar-refractivity contribution in [2.75, 3.05) is 0 Å². The first-order chi connectivity index (χ1) is 8.56. The van der Waals surface area contributed by atoms with E-state index >= 15 is 0 Å². The van der Waals surface area contributed by atoms with Crippen molar-refractivity contribution in [3.8, 4) is 5.75 Å². The molecule has 4 heteroatoms. The van der Waals surface area contributed by atoms with E-state index in [-0.39, 0.29) is 12.2 Å². The van der Waals surface area contributed by atoms with E-state index in [0.29, 0.717) is 5.75 Å². The number of hydrogen-bond acceptors (Lipinski definition) is 1. The average molecular weight is 252 g/mol. The third-order valence-corrected chi connectivity index (χ3v) is 2.54. The van der Waals surface area contributed by atoms with E-state index in [0.717, 1.165) is 23.8 Å². The molecule has 0 radical (unpaired) electrons. The Morgan fingerprint density at radius 1 is 0.944 bits per heavy atom. The van der Waals surface area contributed by atoms with Gasteiger partial charge in [-0.2, -0.15) is 0 Å². The predicted molar refractivity (Wildman–Crippen MR) is 61.8 cm³/mol. The lowest BCUT2D eigenvalue weighted by Crippen LogP contribution is -2.00. The monoisotopic (exact) mass is 252 g/mol. The van der Waals surface area contributed by atoms with Gasteiger partial charge in [-0.1, -0.05) is 6.07 Å². The van der Waals surface area contributed by atoms with Crippen LogP contribution in [0.3, 0.4) is 0 Å². The number of aryl methyl sites for hydroxylation is 1. The smallest absolute Gasteiger partial charge is 0.130 e. The second-order valence-corrected chi connectivity index (χ2v) is 3.93. The van der Waals surface area contributed by atoms with Crippen molar-refractivity contribution < 1.29 is 17.9 Å². The van der Waals surface area contributed by atoms with Crippen molar-refractivity contribution in [2.24, 2.45) is 0 Å². The molecule has 0 atom stereocenters. The van der Waals surface area contributed by atoms with E-state index in [1.165, 1.54) is 12.1 Å². The van der Waals surface area contributed by atoms with Crippen molar-refractivity contribution in [3.63, 3.8) is 0 Å². The van der Waals surface area contributed by atoms with Gasteiger partial charge < -0.3 is 4.74 Å². The van der Waals surface area contributed by atoms with Gasteiger partial charge >= 0.3 is 0 Å². The molecule has 2 aromatic carbocycles. The lowest BCUT2D eigenvalue weighted by atomic mass is 10.2. The quantitative estimate of drug-likeness (QED) is 0.802. The zero-order chi connectivity index (χ0) is 13.1. The molecule has 0 aliphatic carbocycles. The van der Waals surface area contributed by atoms with Crippen molar-refractivity contribution in [2.45, 2.75) is 13.5 Å². The van der Waals surface area contributed by atoms with E-state index in [2.05, 4.69) is 0 Å². The van der Waals surface area contributed by atoms with Crippen LogP contribution in [0.15, 0.2) is 36.4 Å². The van der Waals surface area contributed by atoms with Crippen LogP contribution in [0.4, 0.5) is 13.2 Å². The molecule has 0 heterocycles. The third kappa shape index (κ3) is 2.83. The van der Waals surface area contributed by atoms with Crippen LogP contribution in [-0.4, -0.2) is 0 Å². The summed E-state index contributed by atoms with van der Waals surface area (Å²) in [5, 5.41) is 0. The molecular weight excluding hydrogens is 241 g/mol. The third-order valence-electron chi connectivity index (χ3n) is 2.54. The van der Waals surface area contributed by atoms with Gasteiger partial charge in [0, 0.05) is 11.6 Å². The zero-order valence-electron chi connectivity index (χ0n) is 9.71. The maximum Gasteiger partial charge on any atom is 0.130 e. The van der Waals surface area contributed by atoms with Gasteiger partial charge in [-0.3, -0.25) is 0 Å². The number of rotatable bonds is 3. The topological polar surface area (TPSA) is 9.23 Å². The van der Waals surface area contributed by atoms with Crippen LogP contribution < -0.4 is 4.74 Å². The Balaban J connectivity index is 2.16. The molecule has 0 saturated carbocycles. The Morgan fingerprint density at radius 3 is 2.39 bits per heavy atom. The summed E-state index contributed by atoms with van der Waals surface area (Å²) in [5.41, 5.74) is 0.826. The minimum absolute atomic E-state index is 0.0960. The molecule has 0 unspecified atom stereocenters. The summed E-state index contributed by atoms with van der Waals surface area (Å²) in [4.78, 5) is 0. The summed E-state index contributed by atoms with van der Waals surface area (Å²) in [6, 6.07) is 7.22. The van der Waals surface area contributed by atoms with E-state index in [1.807, 2.05) is 0 Å². The Labute approximate surface area is 103 Å². The molecule has 0 spiro atoms. The summed E-state index contributed by atoms with van der Waals surface area (Å²) < 4.78 is 44.6.